The van der Waals surface area contributed by atoms with E-state index in [0.717, 1.165) is 17.1 Å². The normalized spacial score (nSPS) is 13.9. The fraction of sp³-hybridized carbons (Fsp3) is 0.417. The molecule has 3 rings (SSSR count). The highest BCUT2D eigenvalue weighted by molar-refractivity contribution is 7.12. The number of nitrogens with one attached hydrogen (secondary N) is 1. The van der Waals surface area contributed by atoms with Crippen LogP contribution in [0.1, 0.15) is 27.3 Å². The summed E-state index contributed by atoms with van der Waals surface area (Å²) in [5, 5.41) is 4.52. The summed E-state index contributed by atoms with van der Waals surface area (Å²) >= 11 is 3.39. The molecule has 0 unspecified atom stereocenters. The van der Waals surface area contributed by atoms with Crippen LogP contribution in [0.5, 0.6) is 0 Å². The lowest BCUT2D eigenvalue weighted by molar-refractivity contribution is 0.913. The lowest BCUT2D eigenvalue weighted by Crippen LogP contribution is -1.97. The SMILES string of the molecule is Cc1c(N)nsc1NCc1cc2c(s1)CCC2. The van der Waals surface area contributed by atoms with Gasteiger partial charge in [-0.1, -0.05) is 0 Å². The van der Waals surface area contributed by atoms with Crippen LogP contribution in [0.15, 0.2) is 6.07 Å². The summed E-state index contributed by atoms with van der Waals surface area (Å²) in [6.45, 7) is 2.90. The molecule has 0 radical (unpaired) electrons. The fourth-order valence-corrected chi connectivity index (χ4v) is 4.06. The Bertz CT molecular complexity index is 520. The number of hydrogen-bond acceptors (Lipinski definition) is 5. The van der Waals surface area contributed by atoms with Crippen molar-refractivity contribution >= 4 is 33.7 Å². The molecule has 0 bridgehead atoms. The third-order valence-electron chi connectivity index (χ3n) is 3.18. The molecule has 1 aliphatic rings. The predicted octanol–water partition coefficient (Wildman–Crippen LogP) is 3.20. The smallest absolute Gasteiger partial charge is 0.142 e. The topological polar surface area (TPSA) is 50.9 Å². The first-order valence-electron chi connectivity index (χ1n) is 5.80. The first-order valence-corrected chi connectivity index (χ1v) is 7.39. The van der Waals surface area contributed by atoms with Crippen LogP contribution >= 0.6 is 22.9 Å². The molecule has 3 nitrogen and oxygen atoms in total. The lowest BCUT2D eigenvalue weighted by atomic mass is 10.2. The zero-order chi connectivity index (χ0) is 11.8. The molecular formula is C12H15N3S2. The Hall–Kier alpha value is -1.07. The molecule has 0 fully saturated rings. The van der Waals surface area contributed by atoms with Crippen molar-refractivity contribution < 1.29 is 0 Å². The second-order valence-corrected chi connectivity index (χ2v) is 6.38. The van der Waals surface area contributed by atoms with Crippen LogP contribution in [0, 0.1) is 6.92 Å². The van der Waals surface area contributed by atoms with Gasteiger partial charge in [0.2, 0.25) is 0 Å². The van der Waals surface area contributed by atoms with Gasteiger partial charge in [-0.15, -0.1) is 11.3 Å². The molecule has 0 amide bonds. The second-order valence-electron chi connectivity index (χ2n) is 4.39. The van der Waals surface area contributed by atoms with Crippen molar-refractivity contribution in [3.63, 3.8) is 0 Å². The highest BCUT2D eigenvalue weighted by Gasteiger charge is 2.15. The van der Waals surface area contributed by atoms with Gasteiger partial charge < -0.3 is 11.1 Å². The summed E-state index contributed by atoms with van der Waals surface area (Å²) in [4.78, 5) is 3.00. The van der Waals surface area contributed by atoms with Crippen LogP contribution in [0.25, 0.3) is 0 Å². The Morgan fingerprint density at radius 1 is 1.47 bits per heavy atom. The highest BCUT2D eigenvalue weighted by atomic mass is 32.1. The number of nitrogens with two attached hydrogens (primary N) is 1. The Balaban J connectivity index is 1.69. The average Bonchev–Trinajstić information content (AvgIpc) is 2.94. The summed E-state index contributed by atoms with van der Waals surface area (Å²) in [5.74, 6) is 0.645. The van der Waals surface area contributed by atoms with Gasteiger partial charge in [-0.2, -0.15) is 4.37 Å². The van der Waals surface area contributed by atoms with Crippen molar-refractivity contribution in [1.82, 2.24) is 4.37 Å². The number of aryl methyl sites for hydroxylation is 2. The lowest BCUT2D eigenvalue weighted by Gasteiger charge is -2.02. The van der Waals surface area contributed by atoms with Gasteiger partial charge in [-0.3, -0.25) is 0 Å². The van der Waals surface area contributed by atoms with E-state index in [-0.39, 0.29) is 0 Å². The molecule has 0 saturated carbocycles. The minimum atomic E-state index is 0.645. The van der Waals surface area contributed by atoms with E-state index in [1.807, 2.05) is 18.3 Å². The molecule has 0 spiro atoms. The van der Waals surface area contributed by atoms with Crippen molar-refractivity contribution in [2.45, 2.75) is 32.7 Å². The van der Waals surface area contributed by atoms with Gasteiger partial charge in [-0.25, -0.2) is 0 Å². The predicted molar refractivity (Wildman–Crippen MR) is 74.9 cm³/mol. The molecule has 3 N–H and O–H groups in total. The maximum absolute atomic E-state index is 5.73. The van der Waals surface area contributed by atoms with Crippen LogP contribution in [0.2, 0.25) is 0 Å². The van der Waals surface area contributed by atoms with Crippen LogP contribution in [0.3, 0.4) is 0 Å². The number of thiophene rings is 1. The maximum Gasteiger partial charge on any atom is 0.142 e. The van der Waals surface area contributed by atoms with Crippen LogP contribution in [0.4, 0.5) is 10.8 Å². The van der Waals surface area contributed by atoms with Gasteiger partial charge in [0.05, 0.1) is 6.54 Å². The number of fused-ring (bicyclic) bond motifs is 1. The molecule has 5 heteroatoms. The van der Waals surface area contributed by atoms with Gasteiger partial charge in [0.1, 0.15) is 10.8 Å². The molecule has 0 saturated heterocycles. The average molecular weight is 265 g/mol. The molecule has 2 aromatic heterocycles. The quantitative estimate of drug-likeness (QED) is 0.896. The zero-order valence-electron chi connectivity index (χ0n) is 9.75. The molecule has 0 atom stereocenters. The molecular weight excluding hydrogens is 250 g/mol. The van der Waals surface area contributed by atoms with E-state index in [9.17, 15) is 0 Å². The number of aromatic nitrogens is 1. The molecule has 17 heavy (non-hydrogen) atoms. The Morgan fingerprint density at radius 2 is 2.35 bits per heavy atom. The summed E-state index contributed by atoms with van der Waals surface area (Å²) in [6.07, 6.45) is 3.87. The number of anilines is 2. The van der Waals surface area contributed by atoms with Gasteiger partial charge in [-0.05, 0) is 49.3 Å². The Morgan fingerprint density at radius 3 is 3.06 bits per heavy atom. The van der Waals surface area contributed by atoms with Crippen molar-refractivity contribution in [3.05, 3.63) is 26.9 Å². The molecule has 1 aliphatic carbocycles. The van der Waals surface area contributed by atoms with Gasteiger partial charge in [0.15, 0.2) is 0 Å². The minimum Gasteiger partial charge on any atom is -0.383 e. The van der Waals surface area contributed by atoms with E-state index in [4.69, 9.17) is 5.73 Å². The standard InChI is InChI=1S/C12H15N3S2/c1-7-11(13)15-17-12(7)14-6-9-5-8-3-2-4-10(8)16-9/h5,14H,2-4,6H2,1H3,(H2,13,15). The monoisotopic (exact) mass is 265 g/mol. The fourth-order valence-electron chi connectivity index (χ4n) is 2.16. The van der Waals surface area contributed by atoms with Gasteiger partial charge >= 0.3 is 0 Å². The number of nitrogens with zero attached hydrogens (tertiary/aromatic N) is 1. The highest BCUT2D eigenvalue weighted by Crippen LogP contribution is 2.32. The molecule has 0 aliphatic heterocycles. The first-order chi connectivity index (χ1) is 8.24. The van der Waals surface area contributed by atoms with E-state index in [1.54, 1.807) is 10.4 Å². The Kier molecular flexibility index (Phi) is 2.80. The zero-order valence-corrected chi connectivity index (χ0v) is 11.4. The van der Waals surface area contributed by atoms with Gasteiger partial charge in [0.25, 0.3) is 0 Å². The van der Waals surface area contributed by atoms with Crippen molar-refractivity contribution in [1.29, 1.82) is 0 Å². The summed E-state index contributed by atoms with van der Waals surface area (Å²) in [7, 11) is 0. The summed E-state index contributed by atoms with van der Waals surface area (Å²) in [6, 6.07) is 2.35. The summed E-state index contributed by atoms with van der Waals surface area (Å²) < 4.78 is 4.14. The molecule has 90 valence electrons. The largest absolute Gasteiger partial charge is 0.383 e. The minimum absolute atomic E-state index is 0.645. The first kappa shape index (κ1) is 11.0. The number of rotatable bonds is 3. The van der Waals surface area contributed by atoms with Crippen molar-refractivity contribution in [3.8, 4) is 0 Å². The molecule has 2 heterocycles. The van der Waals surface area contributed by atoms with Crippen LogP contribution in [-0.2, 0) is 19.4 Å². The van der Waals surface area contributed by atoms with Crippen molar-refractivity contribution in [2.24, 2.45) is 0 Å². The van der Waals surface area contributed by atoms with Crippen molar-refractivity contribution in [2.75, 3.05) is 11.1 Å². The summed E-state index contributed by atoms with van der Waals surface area (Å²) in [5.41, 5.74) is 8.36. The van der Waals surface area contributed by atoms with Crippen LogP contribution < -0.4 is 11.1 Å². The van der Waals surface area contributed by atoms with E-state index in [2.05, 4.69) is 15.8 Å². The van der Waals surface area contributed by atoms with E-state index in [1.165, 1.54) is 35.7 Å². The van der Waals surface area contributed by atoms with Crippen LogP contribution in [-0.4, -0.2) is 4.37 Å². The second kappa shape index (κ2) is 4.31. The third kappa shape index (κ3) is 2.05. The van der Waals surface area contributed by atoms with E-state index >= 15 is 0 Å². The number of hydrogen-bond donors (Lipinski definition) is 2. The van der Waals surface area contributed by atoms with E-state index < -0.39 is 0 Å². The number of nitrogen functional groups attached to an aromatic ring is 1. The Labute approximate surface area is 109 Å². The third-order valence-corrected chi connectivity index (χ3v) is 5.34. The van der Waals surface area contributed by atoms with E-state index in [0.29, 0.717) is 5.82 Å². The maximum atomic E-state index is 5.73. The van der Waals surface area contributed by atoms with Gasteiger partial charge in [0, 0.05) is 15.3 Å². The molecule has 2 aromatic rings. The molecule has 0 aromatic carbocycles.